The Morgan fingerprint density at radius 2 is 1.68 bits per heavy atom. The lowest BCUT2D eigenvalue weighted by atomic mass is 9.93. The second-order valence-electron chi connectivity index (χ2n) is 9.47. The highest BCUT2D eigenvalue weighted by Gasteiger charge is 2.35. The van der Waals surface area contributed by atoms with E-state index in [1.807, 2.05) is 66.7 Å². The molecule has 3 aromatic carbocycles. The average Bonchev–Trinajstić information content (AvgIpc) is 3.34. The van der Waals surface area contributed by atoms with Gasteiger partial charge in [0.05, 0.1) is 45.7 Å². The van der Waals surface area contributed by atoms with Gasteiger partial charge in [0.1, 0.15) is 0 Å². The molecule has 0 bridgehead atoms. The first-order valence-electron chi connectivity index (χ1n) is 13.9. The molecule has 1 aliphatic rings. The van der Waals surface area contributed by atoms with Crippen LogP contribution >= 0.6 is 33.9 Å². The molecule has 0 radical (unpaired) electrons. The predicted octanol–water partition coefficient (Wildman–Crippen LogP) is 4.49. The number of rotatable bonds is 10. The van der Waals surface area contributed by atoms with Crippen molar-refractivity contribution in [2.45, 2.75) is 19.9 Å². The molecule has 0 spiro atoms. The summed E-state index contributed by atoms with van der Waals surface area (Å²) >= 11 is 3.33. The Bertz CT molecular complexity index is 1900. The van der Waals surface area contributed by atoms with E-state index in [1.165, 1.54) is 18.4 Å². The fraction of sp³-hybridized carbons (Fsp3) is 0.212. The van der Waals surface area contributed by atoms with E-state index in [2.05, 4.69) is 22.6 Å². The van der Waals surface area contributed by atoms with E-state index in [1.54, 1.807) is 30.6 Å². The molecule has 4 aromatic rings. The van der Waals surface area contributed by atoms with Gasteiger partial charge in [-0.3, -0.25) is 9.36 Å². The summed E-state index contributed by atoms with van der Waals surface area (Å²) in [6.45, 7) is 3.64. The number of methoxy groups -OCH3 is 1. The van der Waals surface area contributed by atoms with Crippen LogP contribution in [0.4, 0.5) is 0 Å². The first kappa shape index (κ1) is 31.2. The molecule has 1 aromatic heterocycles. The Morgan fingerprint density at radius 1 is 1.00 bits per heavy atom. The van der Waals surface area contributed by atoms with Crippen LogP contribution in [0.2, 0.25) is 0 Å². The van der Waals surface area contributed by atoms with Crippen LogP contribution in [-0.4, -0.2) is 43.4 Å². The second-order valence-corrected chi connectivity index (χ2v) is 11.6. The normalized spacial score (nSPS) is 14.5. The van der Waals surface area contributed by atoms with Gasteiger partial charge in [-0.25, -0.2) is 14.6 Å². The van der Waals surface area contributed by atoms with Crippen LogP contribution in [0.1, 0.15) is 36.6 Å². The number of carbonyl (C=O) groups is 2. The number of fused-ring (bicyclic) bond motifs is 1. The van der Waals surface area contributed by atoms with Gasteiger partial charge in [-0.05, 0) is 65.8 Å². The van der Waals surface area contributed by atoms with Crippen molar-refractivity contribution in [1.82, 2.24) is 4.57 Å². The molecule has 1 atom stereocenters. The first-order chi connectivity index (χ1) is 21.4. The third kappa shape index (κ3) is 6.48. The standard InChI is InChI=1S/C33H29IN2O7S/c1-4-41-26(37)19-43-30-23(34)16-20(17-24(30)40-3)18-25-31(38)36-29(22-14-10-7-11-15-22)27(32(39)42-5-2)28(35-33(36)44-25)21-12-8-6-9-13-21/h6-18,29H,4-5,19H2,1-3H3/b25-18-/t29-/m0/s1. The molecule has 9 nitrogen and oxygen atoms in total. The molecule has 1 aliphatic heterocycles. The summed E-state index contributed by atoms with van der Waals surface area (Å²) in [4.78, 5) is 44.8. The topological polar surface area (TPSA) is 105 Å². The second kappa shape index (κ2) is 14.0. The molecule has 0 aliphatic carbocycles. The number of ether oxygens (including phenoxy) is 4. The molecule has 11 heteroatoms. The summed E-state index contributed by atoms with van der Waals surface area (Å²) in [5.74, 6) is -0.217. The third-order valence-corrected chi connectivity index (χ3v) is 8.46. The number of nitrogens with zero attached hydrogens (tertiary/aromatic N) is 2. The Kier molecular flexibility index (Phi) is 9.95. The van der Waals surface area contributed by atoms with E-state index in [-0.39, 0.29) is 25.4 Å². The number of esters is 2. The number of halogens is 1. The van der Waals surface area contributed by atoms with Crippen LogP contribution in [0.25, 0.3) is 11.8 Å². The number of benzene rings is 3. The zero-order valence-corrected chi connectivity index (χ0v) is 27.2. The first-order valence-corrected chi connectivity index (χ1v) is 15.7. The van der Waals surface area contributed by atoms with Crippen molar-refractivity contribution < 1.29 is 28.5 Å². The zero-order valence-electron chi connectivity index (χ0n) is 24.2. The number of aromatic nitrogens is 1. The van der Waals surface area contributed by atoms with E-state index in [0.29, 0.717) is 41.2 Å². The Balaban J connectivity index is 1.68. The highest BCUT2D eigenvalue weighted by molar-refractivity contribution is 14.1. The lowest BCUT2D eigenvalue weighted by molar-refractivity contribution is -0.145. The van der Waals surface area contributed by atoms with Crippen molar-refractivity contribution >= 4 is 57.6 Å². The molecule has 0 unspecified atom stereocenters. The third-order valence-electron chi connectivity index (χ3n) is 6.68. The summed E-state index contributed by atoms with van der Waals surface area (Å²) < 4.78 is 24.4. The maximum Gasteiger partial charge on any atom is 0.344 e. The van der Waals surface area contributed by atoms with Crippen molar-refractivity contribution in [3.63, 3.8) is 0 Å². The number of hydrogen-bond acceptors (Lipinski definition) is 9. The maximum atomic E-state index is 14.1. The molecule has 0 amide bonds. The van der Waals surface area contributed by atoms with Gasteiger partial charge in [0.15, 0.2) is 22.9 Å². The van der Waals surface area contributed by atoms with Crippen LogP contribution in [0, 0.1) is 3.57 Å². The molecule has 0 saturated carbocycles. The SMILES string of the molecule is CCOC(=O)COc1c(I)cc(/C=c2\sc3n(c2=O)[C@@H](c2ccccc2)C(C(=O)OCC)=C(c2ccccc2)N=3)cc1OC. The summed E-state index contributed by atoms with van der Waals surface area (Å²) in [5.41, 5.74) is 2.64. The van der Waals surface area contributed by atoms with Crippen molar-refractivity contribution in [3.8, 4) is 11.5 Å². The minimum atomic E-state index is -0.753. The molecule has 5 rings (SSSR count). The number of carbonyl (C=O) groups excluding carboxylic acids is 2. The minimum absolute atomic E-state index is 0.177. The van der Waals surface area contributed by atoms with E-state index in [0.717, 1.165) is 11.1 Å². The van der Waals surface area contributed by atoms with E-state index >= 15 is 0 Å². The molecule has 0 N–H and O–H groups in total. The van der Waals surface area contributed by atoms with E-state index in [9.17, 15) is 14.4 Å². The van der Waals surface area contributed by atoms with Crippen molar-refractivity contribution in [3.05, 3.63) is 118 Å². The Morgan fingerprint density at radius 3 is 2.34 bits per heavy atom. The predicted molar refractivity (Wildman–Crippen MR) is 175 cm³/mol. The molecule has 0 fully saturated rings. The minimum Gasteiger partial charge on any atom is -0.493 e. The lowest BCUT2D eigenvalue weighted by Crippen LogP contribution is -2.40. The summed E-state index contributed by atoms with van der Waals surface area (Å²) in [6.07, 6.45) is 1.75. The van der Waals surface area contributed by atoms with Crippen molar-refractivity contribution in [2.24, 2.45) is 4.99 Å². The number of hydrogen-bond donors (Lipinski definition) is 0. The smallest absolute Gasteiger partial charge is 0.344 e. The monoisotopic (exact) mass is 724 g/mol. The fourth-order valence-corrected chi connectivity index (χ4v) is 6.62. The van der Waals surface area contributed by atoms with Gasteiger partial charge in [0.25, 0.3) is 5.56 Å². The van der Waals surface area contributed by atoms with Crippen LogP contribution in [0.5, 0.6) is 11.5 Å². The molecule has 226 valence electrons. The summed E-state index contributed by atoms with van der Waals surface area (Å²) in [5, 5.41) is 0. The average molecular weight is 725 g/mol. The summed E-state index contributed by atoms with van der Waals surface area (Å²) in [6, 6.07) is 21.6. The van der Waals surface area contributed by atoms with Crippen molar-refractivity contribution in [2.75, 3.05) is 26.9 Å². The van der Waals surface area contributed by atoms with Gasteiger partial charge in [0, 0.05) is 5.56 Å². The largest absolute Gasteiger partial charge is 0.493 e. The van der Waals surface area contributed by atoms with Crippen LogP contribution < -0.4 is 24.4 Å². The van der Waals surface area contributed by atoms with Gasteiger partial charge in [-0.15, -0.1) is 0 Å². The molecule has 0 saturated heterocycles. The molecule has 2 heterocycles. The van der Waals surface area contributed by atoms with Gasteiger partial charge >= 0.3 is 11.9 Å². The van der Waals surface area contributed by atoms with E-state index < -0.39 is 18.0 Å². The highest BCUT2D eigenvalue weighted by atomic mass is 127. The zero-order chi connectivity index (χ0) is 31.2. The Hall–Kier alpha value is -4.23. The fourth-order valence-electron chi connectivity index (χ4n) is 4.84. The van der Waals surface area contributed by atoms with Crippen LogP contribution in [0.3, 0.4) is 0 Å². The molecule has 44 heavy (non-hydrogen) atoms. The van der Waals surface area contributed by atoms with Crippen molar-refractivity contribution in [1.29, 1.82) is 0 Å². The quantitative estimate of drug-likeness (QED) is 0.176. The molecular formula is C33H29IN2O7S. The molecular weight excluding hydrogens is 695 g/mol. The van der Waals surface area contributed by atoms with Crippen LogP contribution in [0.15, 0.2) is 88.2 Å². The van der Waals surface area contributed by atoms with Crippen LogP contribution in [-0.2, 0) is 19.1 Å². The van der Waals surface area contributed by atoms with E-state index in [4.69, 9.17) is 23.9 Å². The maximum absolute atomic E-state index is 14.1. The van der Waals surface area contributed by atoms with Gasteiger partial charge < -0.3 is 18.9 Å². The van der Waals surface area contributed by atoms with Gasteiger partial charge in [-0.2, -0.15) is 0 Å². The highest BCUT2D eigenvalue weighted by Crippen LogP contribution is 2.36. The van der Waals surface area contributed by atoms with Gasteiger partial charge in [0.2, 0.25) is 0 Å². The number of thiazole rings is 1. The summed E-state index contributed by atoms with van der Waals surface area (Å²) in [7, 11) is 1.50. The Labute approximate surface area is 271 Å². The lowest BCUT2D eigenvalue weighted by Gasteiger charge is -2.25. The van der Waals surface area contributed by atoms with Gasteiger partial charge in [-0.1, -0.05) is 72.0 Å².